The van der Waals surface area contributed by atoms with Gasteiger partial charge in [-0.2, -0.15) is 0 Å². The number of hydrogen-bond acceptors (Lipinski definition) is 3. The Morgan fingerprint density at radius 2 is 2.25 bits per heavy atom. The third-order valence-corrected chi connectivity index (χ3v) is 3.60. The number of carbonyl (C=O) groups is 1. The third kappa shape index (κ3) is 1.16. The summed E-state index contributed by atoms with van der Waals surface area (Å²) in [4.78, 5) is 12.7. The average Bonchev–Trinajstić information content (AvgIpc) is 2.31. The number of fused-ring (bicyclic) bond motifs is 1. The number of nitrogens with one attached hydrogen (secondary N) is 1. The van der Waals surface area contributed by atoms with E-state index in [4.69, 9.17) is 0 Å². The summed E-state index contributed by atoms with van der Waals surface area (Å²) in [5.74, 6) is 0.0682. The van der Waals surface area contributed by atoms with Crippen LogP contribution in [0.5, 0.6) is 0 Å². The van der Waals surface area contributed by atoms with Gasteiger partial charge in [0.05, 0.1) is 5.75 Å². The zero-order chi connectivity index (χ0) is 8.77. The predicted molar refractivity (Wildman–Crippen MR) is 42.0 cm³/mol. The first-order chi connectivity index (χ1) is 5.58. The molecule has 0 saturated carbocycles. The Hall–Kier alpha value is -0.780. The zero-order valence-corrected chi connectivity index (χ0v) is 7.30. The molecular weight excluding hydrogens is 180 g/mol. The minimum absolute atomic E-state index is 0.0682. The molecule has 1 unspecified atom stereocenters. The molecule has 1 atom stereocenters. The maximum Gasteiger partial charge on any atom is 0.331 e. The van der Waals surface area contributed by atoms with E-state index >= 15 is 0 Å². The highest BCUT2D eigenvalue weighted by molar-refractivity contribution is 7.90. The predicted octanol–water partition coefficient (Wildman–Crippen LogP) is -0.496. The van der Waals surface area contributed by atoms with Crippen molar-refractivity contribution >= 4 is 16.1 Å². The van der Waals surface area contributed by atoms with E-state index in [1.54, 1.807) is 4.90 Å². The highest BCUT2D eigenvalue weighted by Gasteiger charge is 2.38. The molecule has 2 rings (SSSR count). The molecule has 2 amide bonds. The van der Waals surface area contributed by atoms with Crippen LogP contribution in [0.2, 0.25) is 0 Å². The third-order valence-electron chi connectivity index (χ3n) is 2.29. The van der Waals surface area contributed by atoms with E-state index in [1.165, 1.54) is 0 Å². The lowest BCUT2D eigenvalue weighted by Gasteiger charge is -2.29. The molecule has 2 fully saturated rings. The number of hydrogen-bond donors (Lipinski definition) is 1. The zero-order valence-electron chi connectivity index (χ0n) is 6.49. The van der Waals surface area contributed by atoms with Crippen LogP contribution in [0.3, 0.4) is 0 Å². The van der Waals surface area contributed by atoms with Crippen molar-refractivity contribution in [3.05, 3.63) is 0 Å². The first-order valence-electron chi connectivity index (χ1n) is 3.89. The van der Waals surface area contributed by atoms with Crippen LogP contribution in [0.25, 0.3) is 0 Å². The first kappa shape index (κ1) is 7.85. The Labute approximate surface area is 70.8 Å². The molecule has 0 aromatic carbocycles. The maximum absolute atomic E-state index is 11.1. The molecule has 2 saturated heterocycles. The molecule has 0 aromatic heterocycles. The fourth-order valence-electron chi connectivity index (χ4n) is 1.76. The summed E-state index contributed by atoms with van der Waals surface area (Å²) in [6, 6.07) is -0.535. The normalized spacial score (nSPS) is 32.8. The van der Waals surface area contributed by atoms with Gasteiger partial charge in [-0.1, -0.05) is 0 Å². The second-order valence-electron chi connectivity index (χ2n) is 3.18. The molecule has 5 nitrogen and oxygen atoms in total. The lowest BCUT2D eigenvalue weighted by atomic mass is 10.2. The van der Waals surface area contributed by atoms with E-state index in [0.29, 0.717) is 6.54 Å². The molecule has 1 N–H and O–H groups in total. The lowest BCUT2D eigenvalue weighted by Crippen LogP contribution is -2.54. The summed E-state index contributed by atoms with van der Waals surface area (Å²) in [5, 5.41) is 0. The Morgan fingerprint density at radius 3 is 3.00 bits per heavy atom. The fourth-order valence-corrected chi connectivity index (χ4v) is 3.08. The molecule has 0 spiro atoms. The quantitative estimate of drug-likeness (QED) is 0.560. The van der Waals surface area contributed by atoms with Crippen LogP contribution < -0.4 is 4.72 Å². The number of sulfonamides is 1. The van der Waals surface area contributed by atoms with Crippen LogP contribution in [-0.2, 0) is 10.0 Å². The Bertz CT molecular complexity index is 311. The average molecular weight is 190 g/mol. The van der Waals surface area contributed by atoms with E-state index < -0.39 is 16.1 Å². The maximum atomic E-state index is 11.1. The van der Waals surface area contributed by atoms with Crippen molar-refractivity contribution in [1.82, 2.24) is 9.62 Å². The van der Waals surface area contributed by atoms with Crippen LogP contribution in [0.1, 0.15) is 12.8 Å². The molecule has 68 valence electrons. The van der Waals surface area contributed by atoms with Crippen molar-refractivity contribution in [1.29, 1.82) is 0 Å². The summed E-state index contributed by atoms with van der Waals surface area (Å²) in [6.07, 6.45) is 1.72. The van der Waals surface area contributed by atoms with Gasteiger partial charge in [-0.05, 0) is 12.8 Å². The Kier molecular flexibility index (Phi) is 1.54. The number of carbonyl (C=O) groups excluding carboxylic acids is 1. The number of amides is 2. The van der Waals surface area contributed by atoms with Crippen LogP contribution >= 0.6 is 0 Å². The monoisotopic (exact) mass is 190 g/mol. The van der Waals surface area contributed by atoms with Crippen molar-refractivity contribution < 1.29 is 13.2 Å². The van der Waals surface area contributed by atoms with Crippen LogP contribution in [0.15, 0.2) is 0 Å². The van der Waals surface area contributed by atoms with E-state index in [2.05, 4.69) is 0 Å². The molecule has 12 heavy (non-hydrogen) atoms. The van der Waals surface area contributed by atoms with Gasteiger partial charge in [-0.25, -0.2) is 17.9 Å². The Morgan fingerprint density at radius 1 is 1.50 bits per heavy atom. The Balaban J connectivity index is 2.27. The van der Waals surface area contributed by atoms with Gasteiger partial charge in [0.25, 0.3) is 0 Å². The van der Waals surface area contributed by atoms with E-state index in [-0.39, 0.29) is 11.8 Å². The lowest BCUT2D eigenvalue weighted by molar-refractivity contribution is 0.198. The second-order valence-corrected chi connectivity index (χ2v) is 4.95. The van der Waals surface area contributed by atoms with Crippen molar-refractivity contribution in [2.75, 3.05) is 12.3 Å². The van der Waals surface area contributed by atoms with Crippen LogP contribution in [0.4, 0.5) is 4.79 Å². The topological polar surface area (TPSA) is 66.5 Å². The number of nitrogens with zero attached hydrogens (tertiary/aromatic N) is 1. The first-order valence-corrected chi connectivity index (χ1v) is 5.55. The van der Waals surface area contributed by atoms with E-state index in [1.807, 2.05) is 4.72 Å². The van der Waals surface area contributed by atoms with Gasteiger partial charge in [0.15, 0.2) is 0 Å². The van der Waals surface area contributed by atoms with Crippen LogP contribution in [0, 0.1) is 0 Å². The SMILES string of the molecule is O=C1NS(=O)(=O)CC2CCCN12. The molecule has 2 heterocycles. The molecular formula is C6H10N2O3S. The van der Waals surface area contributed by atoms with Crippen molar-refractivity contribution in [3.8, 4) is 0 Å². The highest BCUT2D eigenvalue weighted by Crippen LogP contribution is 2.21. The minimum atomic E-state index is -3.33. The molecule has 2 aliphatic heterocycles. The van der Waals surface area contributed by atoms with Gasteiger partial charge in [-0.3, -0.25) is 0 Å². The van der Waals surface area contributed by atoms with E-state index in [9.17, 15) is 13.2 Å². The van der Waals surface area contributed by atoms with Crippen molar-refractivity contribution in [3.63, 3.8) is 0 Å². The van der Waals surface area contributed by atoms with Gasteiger partial charge in [0.2, 0.25) is 10.0 Å². The molecule has 0 bridgehead atoms. The van der Waals surface area contributed by atoms with Gasteiger partial charge in [0, 0.05) is 12.6 Å². The fraction of sp³-hybridized carbons (Fsp3) is 0.833. The standard InChI is InChI=1S/C6H10N2O3S/c9-6-7-12(10,11)4-5-2-1-3-8(5)6/h5H,1-4H2,(H,7,9). The van der Waals surface area contributed by atoms with Gasteiger partial charge >= 0.3 is 6.03 Å². The molecule has 0 aromatic rings. The summed E-state index contributed by atoms with van der Waals surface area (Å²) >= 11 is 0. The number of rotatable bonds is 0. The molecule has 0 radical (unpaired) electrons. The molecule has 2 aliphatic rings. The number of urea groups is 1. The van der Waals surface area contributed by atoms with Crippen molar-refractivity contribution in [2.45, 2.75) is 18.9 Å². The summed E-state index contributed by atoms with van der Waals surface area (Å²) in [6.45, 7) is 0.687. The largest absolute Gasteiger partial charge is 0.331 e. The van der Waals surface area contributed by atoms with Crippen molar-refractivity contribution in [2.24, 2.45) is 0 Å². The minimum Gasteiger partial charge on any atom is -0.320 e. The summed E-state index contributed by atoms with van der Waals surface area (Å²) in [5.41, 5.74) is 0. The summed E-state index contributed by atoms with van der Waals surface area (Å²) in [7, 11) is -3.33. The highest BCUT2D eigenvalue weighted by atomic mass is 32.2. The molecule has 0 aliphatic carbocycles. The second kappa shape index (κ2) is 2.35. The van der Waals surface area contributed by atoms with Gasteiger partial charge in [-0.15, -0.1) is 0 Å². The van der Waals surface area contributed by atoms with E-state index in [0.717, 1.165) is 12.8 Å². The van der Waals surface area contributed by atoms with Gasteiger partial charge < -0.3 is 4.90 Å². The van der Waals surface area contributed by atoms with Gasteiger partial charge in [0.1, 0.15) is 0 Å². The van der Waals surface area contributed by atoms with Crippen LogP contribution in [-0.4, -0.2) is 37.7 Å². The smallest absolute Gasteiger partial charge is 0.320 e. The summed E-state index contributed by atoms with van der Waals surface area (Å²) < 4.78 is 24.1. The molecule has 6 heteroatoms.